The number of nitrogens with zero attached hydrogens (tertiary/aromatic N) is 3. The molecular formula is C15H19ClN4O. The summed E-state index contributed by atoms with van der Waals surface area (Å²) in [7, 11) is 2.01. The predicted octanol–water partition coefficient (Wildman–Crippen LogP) is 2.57. The van der Waals surface area contributed by atoms with Gasteiger partial charge >= 0.3 is 0 Å². The Balaban J connectivity index is 1.66. The highest BCUT2D eigenvalue weighted by atomic mass is 35.5. The summed E-state index contributed by atoms with van der Waals surface area (Å²) in [4.78, 5) is 2.35. The molecular weight excluding hydrogens is 288 g/mol. The van der Waals surface area contributed by atoms with Crippen LogP contribution >= 0.6 is 11.6 Å². The summed E-state index contributed by atoms with van der Waals surface area (Å²) in [6.07, 6.45) is 2.43. The number of halogens is 1. The molecule has 0 saturated carbocycles. The molecule has 5 nitrogen and oxygen atoms in total. The topological polar surface area (TPSA) is 54.2 Å². The third-order valence-electron chi connectivity index (χ3n) is 3.83. The van der Waals surface area contributed by atoms with Crippen LogP contribution < -0.4 is 5.32 Å². The van der Waals surface area contributed by atoms with Crippen LogP contribution in [0.5, 0.6) is 0 Å². The smallest absolute Gasteiger partial charge is 0.247 e. The lowest BCUT2D eigenvalue weighted by Gasteiger charge is -2.31. The van der Waals surface area contributed by atoms with Gasteiger partial charge in [-0.15, -0.1) is 10.2 Å². The maximum Gasteiger partial charge on any atom is 0.247 e. The van der Waals surface area contributed by atoms with Crippen LogP contribution in [0.2, 0.25) is 5.02 Å². The molecule has 1 aliphatic rings. The number of hydrogen-bond donors (Lipinski definition) is 1. The van der Waals surface area contributed by atoms with Gasteiger partial charge < -0.3 is 9.73 Å². The van der Waals surface area contributed by atoms with E-state index in [0.29, 0.717) is 29.4 Å². The summed E-state index contributed by atoms with van der Waals surface area (Å²) < 4.78 is 5.75. The third kappa shape index (κ3) is 3.61. The number of hydrogen-bond acceptors (Lipinski definition) is 5. The van der Waals surface area contributed by atoms with Gasteiger partial charge in [-0.3, -0.25) is 4.90 Å². The van der Waals surface area contributed by atoms with Crippen LogP contribution in [0.1, 0.15) is 18.7 Å². The number of piperidine rings is 1. The molecule has 0 aliphatic carbocycles. The van der Waals surface area contributed by atoms with Crippen LogP contribution in [-0.2, 0) is 6.54 Å². The second-order valence-corrected chi connectivity index (χ2v) is 5.81. The van der Waals surface area contributed by atoms with Gasteiger partial charge in [0.05, 0.1) is 6.54 Å². The quantitative estimate of drug-likeness (QED) is 0.941. The number of likely N-dealkylation sites (N-methyl/N-ethyl adjacent to an activating group) is 1. The number of nitrogens with one attached hydrogen (secondary N) is 1. The first-order valence-electron chi connectivity index (χ1n) is 7.22. The maximum atomic E-state index is 5.88. The minimum atomic E-state index is 0.545. The van der Waals surface area contributed by atoms with Crippen LogP contribution in [0.15, 0.2) is 28.7 Å². The van der Waals surface area contributed by atoms with E-state index in [0.717, 1.165) is 18.7 Å². The van der Waals surface area contributed by atoms with E-state index in [4.69, 9.17) is 16.0 Å². The van der Waals surface area contributed by atoms with Crippen molar-refractivity contribution in [1.82, 2.24) is 20.4 Å². The summed E-state index contributed by atoms with van der Waals surface area (Å²) in [5, 5.41) is 12.3. The SMILES string of the molecule is CNC1CCCN(Cc2nnc(-c3ccc(Cl)cc3)o2)C1. The Kier molecular flexibility index (Phi) is 4.53. The highest BCUT2D eigenvalue weighted by Gasteiger charge is 2.20. The van der Waals surface area contributed by atoms with Crippen molar-refractivity contribution in [2.45, 2.75) is 25.4 Å². The van der Waals surface area contributed by atoms with Crippen LogP contribution in [0.3, 0.4) is 0 Å². The molecule has 0 spiro atoms. The van der Waals surface area contributed by atoms with Gasteiger partial charge in [-0.25, -0.2) is 0 Å². The predicted molar refractivity (Wildman–Crippen MR) is 82.1 cm³/mol. The first-order chi connectivity index (χ1) is 10.2. The van der Waals surface area contributed by atoms with Crippen molar-refractivity contribution < 1.29 is 4.42 Å². The molecule has 0 bridgehead atoms. The molecule has 6 heteroatoms. The third-order valence-corrected chi connectivity index (χ3v) is 4.08. The summed E-state index contributed by atoms with van der Waals surface area (Å²) in [6.45, 7) is 2.81. The Labute approximate surface area is 129 Å². The fraction of sp³-hybridized carbons (Fsp3) is 0.467. The zero-order chi connectivity index (χ0) is 14.7. The van der Waals surface area contributed by atoms with Gasteiger partial charge in [0.15, 0.2) is 0 Å². The van der Waals surface area contributed by atoms with E-state index in [1.165, 1.54) is 12.8 Å². The molecule has 0 amide bonds. The molecule has 1 aliphatic heterocycles. The van der Waals surface area contributed by atoms with Gasteiger partial charge in [0.1, 0.15) is 0 Å². The Morgan fingerprint density at radius 3 is 2.90 bits per heavy atom. The Morgan fingerprint density at radius 1 is 1.33 bits per heavy atom. The molecule has 1 fully saturated rings. The Morgan fingerprint density at radius 2 is 2.14 bits per heavy atom. The average Bonchev–Trinajstić information content (AvgIpc) is 2.96. The number of likely N-dealkylation sites (tertiary alicyclic amines) is 1. The van der Waals surface area contributed by atoms with Gasteiger partial charge in [-0.05, 0) is 50.7 Å². The summed E-state index contributed by atoms with van der Waals surface area (Å²) >= 11 is 5.88. The summed E-state index contributed by atoms with van der Waals surface area (Å²) in [5.74, 6) is 1.21. The fourth-order valence-corrected chi connectivity index (χ4v) is 2.78. The van der Waals surface area contributed by atoms with E-state index in [1.54, 1.807) is 0 Å². The molecule has 1 aromatic carbocycles. The first-order valence-corrected chi connectivity index (χ1v) is 7.60. The zero-order valence-corrected chi connectivity index (χ0v) is 12.8. The molecule has 1 aromatic heterocycles. The van der Waals surface area contributed by atoms with Crippen molar-refractivity contribution in [2.75, 3.05) is 20.1 Å². The molecule has 1 unspecified atom stereocenters. The highest BCUT2D eigenvalue weighted by molar-refractivity contribution is 6.30. The zero-order valence-electron chi connectivity index (χ0n) is 12.1. The second-order valence-electron chi connectivity index (χ2n) is 5.37. The molecule has 1 atom stereocenters. The van der Waals surface area contributed by atoms with Crippen molar-refractivity contribution in [3.8, 4) is 11.5 Å². The van der Waals surface area contributed by atoms with Gasteiger partial charge in [-0.2, -0.15) is 0 Å². The fourth-order valence-electron chi connectivity index (χ4n) is 2.65. The van der Waals surface area contributed by atoms with Gasteiger partial charge in [0, 0.05) is 23.2 Å². The summed E-state index contributed by atoms with van der Waals surface area (Å²) in [5.41, 5.74) is 0.893. The maximum absolute atomic E-state index is 5.88. The van der Waals surface area contributed by atoms with Crippen molar-refractivity contribution in [2.24, 2.45) is 0 Å². The average molecular weight is 307 g/mol. The second kappa shape index (κ2) is 6.56. The van der Waals surface area contributed by atoms with E-state index in [9.17, 15) is 0 Å². The summed E-state index contributed by atoms with van der Waals surface area (Å²) in [6, 6.07) is 7.97. The molecule has 0 radical (unpaired) electrons. The highest BCUT2D eigenvalue weighted by Crippen LogP contribution is 2.21. The number of benzene rings is 1. The minimum Gasteiger partial charge on any atom is -0.419 e. The Hall–Kier alpha value is -1.43. The lowest BCUT2D eigenvalue weighted by Crippen LogP contribution is -2.43. The van der Waals surface area contributed by atoms with Crippen molar-refractivity contribution in [3.63, 3.8) is 0 Å². The van der Waals surface area contributed by atoms with E-state index in [-0.39, 0.29) is 0 Å². The van der Waals surface area contributed by atoms with E-state index in [2.05, 4.69) is 20.4 Å². The van der Waals surface area contributed by atoms with E-state index in [1.807, 2.05) is 31.3 Å². The van der Waals surface area contributed by atoms with Gasteiger partial charge in [0.2, 0.25) is 11.8 Å². The monoisotopic (exact) mass is 306 g/mol. The molecule has 2 heterocycles. The largest absolute Gasteiger partial charge is 0.419 e. The van der Waals surface area contributed by atoms with Crippen LogP contribution in [0.25, 0.3) is 11.5 Å². The lowest BCUT2D eigenvalue weighted by atomic mass is 10.1. The first kappa shape index (κ1) is 14.5. The lowest BCUT2D eigenvalue weighted by molar-refractivity contribution is 0.173. The molecule has 21 heavy (non-hydrogen) atoms. The van der Waals surface area contributed by atoms with E-state index >= 15 is 0 Å². The van der Waals surface area contributed by atoms with Crippen LogP contribution in [0, 0.1) is 0 Å². The standard InChI is InChI=1S/C15H19ClN4O/c1-17-13-3-2-8-20(9-13)10-14-18-19-15(21-14)11-4-6-12(16)7-5-11/h4-7,13,17H,2-3,8-10H2,1H3. The van der Waals surface area contributed by atoms with Crippen LogP contribution in [0.4, 0.5) is 0 Å². The molecule has 3 rings (SSSR count). The van der Waals surface area contributed by atoms with Crippen molar-refractivity contribution in [3.05, 3.63) is 35.2 Å². The molecule has 1 N–H and O–H groups in total. The number of rotatable bonds is 4. The molecule has 1 saturated heterocycles. The van der Waals surface area contributed by atoms with Crippen LogP contribution in [-0.4, -0.2) is 41.3 Å². The molecule has 112 valence electrons. The van der Waals surface area contributed by atoms with Gasteiger partial charge in [0.25, 0.3) is 0 Å². The van der Waals surface area contributed by atoms with Gasteiger partial charge in [-0.1, -0.05) is 11.6 Å². The normalized spacial score (nSPS) is 19.8. The molecule has 2 aromatic rings. The number of aromatic nitrogens is 2. The van der Waals surface area contributed by atoms with E-state index < -0.39 is 0 Å². The Bertz CT molecular complexity index is 584. The van der Waals surface area contributed by atoms with Crippen molar-refractivity contribution in [1.29, 1.82) is 0 Å². The van der Waals surface area contributed by atoms with Crippen molar-refractivity contribution >= 4 is 11.6 Å². The minimum absolute atomic E-state index is 0.545.